The van der Waals surface area contributed by atoms with Gasteiger partial charge in [0.25, 0.3) is 21.2 Å². The van der Waals surface area contributed by atoms with E-state index in [0.29, 0.717) is 0 Å². The number of rotatable bonds is 6. The van der Waals surface area contributed by atoms with E-state index in [1.165, 1.54) is 0 Å². The summed E-state index contributed by atoms with van der Waals surface area (Å²) in [6.07, 6.45) is -5.70. The number of aliphatic hydroxyl groups excluding tert-OH is 1. The van der Waals surface area contributed by atoms with Crippen molar-refractivity contribution in [2.24, 2.45) is 0 Å². The van der Waals surface area contributed by atoms with Crippen molar-refractivity contribution in [2.45, 2.75) is 24.5 Å². The van der Waals surface area contributed by atoms with Crippen molar-refractivity contribution in [1.82, 2.24) is 19.5 Å². The molecule has 1 aliphatic rings. The predicted molar refractivity (Wildman–Crippen MR) is 83.0 cm³/mol. The lowest BCUT2D eigenvalue weighted by Crippen LogP contribution is -2.37. The number of nitrogens with zero attached hydrogens (tertiary/aromatic N) is 3. The van der Waals surface area contributed by atoms with Crippen molar-refractivity contribution < 1.29 is 47.6 Å². The van der Waals surface area contributed by atoms with Gasteiger partial charge in [-0.3, -0.25) is 23.5 Å². The van der Waals surface area contributed by atoms with Crippen molar-refractivity contribution in [3.63, 3.8) is 0 Å². The minimum atomic E-state index is -5.39. The summed E-state index contributed by atoms with van der Waals surface area (Å²) in [4.78, 5) is 61.1. The van der Waals surface area contributed by atoms with Crippen LogP contribution in [0.25, 0.3) is 11.2 Å². The number of anilines is 1. The zero-order chi connectivity index (χ0) is 20.9. The molecule has 28 heavy (non-hydrogen) atoms. The molecule has 0 amide bonds. The van der Waals surface area contributed by atoms with E-state index < -0.39 is 52.4 Å². The van der Waals surface area contributed by atoms with Crippen molar-refractivity contribution in [2.75, 3.05) is 12.3 Å². The number of nitrogens with one attached hydrogen (secondary N) is 1. The van der Waals surface area contributed by atoms with Crippen LogP contribution in [-0.4, -0.2) is 59.3 Å². The Morgan fingerprint density at radius 1 is 1.36 bits per heavy atom. The normalized spacial score (nSPS) is 29.6. The fourth-order valence-electron chi connectivity index (χ4n) is 2.66. The molecule has 3 rings (SSSR count). The van der Waals surface area contributed by atoms with Gasteiger partial charge in [-0.1, -0.05) is 0 Å². The van der Waals surface area contributed by atoms with Crippen LogP contribution in [0.15, 0.2) is 11.1 Å². The molecule has 6 atom stereocenters. The molecule has 6 N–H and O–H groups in total. The van der Waals surface area contributed by atoms with Gasteiger partial charge in [0.2, 0.25) is 5.95 Å². The maximum atomic E-state index is 11.8. The van der Waals surface area contributed by atoms with E-state index in [4.69, 9.17) is 20.3 Å². The number of nitrogen functional groups attached to an aromatic ring is 1. The molecular weight excluding hydrogens is 428 g/mol. The standard InChI is InChI=1S/C10H15N5O11P2/c11-10-13-7-4(8(17)14-10)12-2-15(7)9-5(16)6(26-28(21,22)23)3(25-9)1-24-27(18,19)20/h2-3,5-6,9,16H,1H2,(H2,18,19,20)(H2,21,22,23)(H3,11,13,14,17)/p-2/t3-,5-,6-,9-/m1/s1. The highest BCUT2D eigenvalue weighted by Gasteiger charge is 2.48. The van der Waals surface area contributed by atoms with Gasteiger partial charge in [-0.2, -0.15) is 4.98 Å². The van der Waals surface area contributed by atoms with E-state index in [1.54, 1.807) is 0 Å². The first kappa shape index (κ1) is 21.0. The molecule has 0 radical (unpaired) electrons. The molecule has 2 aromatic rings. The van der Waals surface area contributed by atoms with Gasteiger partial charge in [-0.25, -0.2) is 4.98 Å². The lowest BCUT2D eigenvalue weighted by atomic mass is 10.1. The number of hydrogen-bond donors (Lipinski definition) is 5. The molecule has 18 heteroatoms. The van der Waals surface area contributed by atoms with E-state index >= 15 is 0 Å². The van der Waals surface area contributed by atoms with Crippen LogP contribution in [0.3, 0.4) is 0 Å². The second-order valence-corrected chi connectivity index (χ2v) is 7.98. The number of aliphatic hydroxyl groups is 1. The Morgan fingerprint density at radius 2 is 2.04 bits per heavy atom. The number of phosphoric ester groups is 2. The number of aromatic nitrogens is 4. The summed E-state index contributed by atoms with van der Waals surface area (Å²) < 4.78 is 36.7. The number of ether oxygens (including phenoxy) is 1. The van der Waals surface area contributed by atoms with Gasteiger partial charge in [0, 0.05) is 0 Å². The summed E-state index contributed by atoms with van der Waals surface area (Å²) in [5, 5.41) is 10.4. The highest BCUT2D eigenvalue weighted by atomic mass is 31.2. The first-order valence-corrected chi connectivity index (χ1v) is 10.3. The average Bonchev–Trinajstić information content (AvgIpc) is 3.06. The van der Waals surface area contributed by atoms with Crippen LogP contribution in [-0.2, 0) is 22.9 Å². The number of hydrogen-bond acceptors (Lipinski definition) is 12. The third kappa shape index (κ3) is 4.47. The highest BCUT2D eigenvalue weighted by molar-refractivity contribution is 7.45. The number of imidazole rings is 1. The Morgan fingerprint density at radius 3 is 2.64 bits per heavy atom. The molecule has 2 aromatic heterocycles. The summed E-state index contributed by atoms with van der Waals surface area (Å²) >= 11 is 0. The number of aromatic amines is 1. The molecule has 0 bridgehead atoms. The Kier molecular flexibility index (Phi) is 5.46. The fourth-order valence-corrected chi connectivity index (χ4v) is 3.57. The molecule has 1 aliphatic heterocycles. The lowest BCUT2D eigenvalue weighted by Gasteiger charge is -2.26. The molecule has 1 fully saturated rings. The van der Waals surface area contributed by atoms with Crippen molar-refractivity contribution in [3.05, 3.63) is 16.7 Å². The van der Waals surface area contributed by atoms with Gasteiger partial charge in [-0.05, 0) is 0 Å². The minimum Gasteiger partial charge on any atom is -0.756 e. The summed E-state index contributed by atoms with van der Waals surface area (Å²) in [5.41, 5.74) is 4.43. The van der Waals surface area contributed by atoms with Gasteiger partial charge >= 0.3 is 0 Å². The zero-order valence-corrected chi connectivity index (χ0v) is 15.3. The van der Waals surface area contributed by atoms with Crippen LogP contribution in [0.2, 0.25) is 0 Å². The third-order valence-corrected chi connectivity index (χ3v) is 4.68. The van der Waals surface area contributed by atoms with E-state index in [-0.39, 0.29) is 17.1 Å². The fraction of sp³-hybridized carbons (Fsp3) is 0.500. The molecular formula is C10H13N5O11P2-2. The van der Waals surface area contributed by atoms with Crippen molar-refractivity contribution in [1.29, 1.82) is 0 Å². The third-order valence-electron chi connectivity index (χ3n) is 3.69. The predicted octanol–water partition coefficient (Wildman–Crippen LogP) is -3.72. The summed E-state index contributed by atoms with van der Waals surface area (Å²) in [5.74, 6) is -0.286. The van der Waals surface area contributed by atoms with Crippen LogP contribution in [0.1, 0.15) is 6.23 Å². The van der Waals surface area contributed by atoms with Crippen molar-refractivity contribution >= 4 is 32.8 Å². The summed E-state index contributed by atoms with van der Waals surface area (Å²) in [6, 6.07) is 0. The number of fused-ring (bicyclic) bond motifs is 1. The zero-order valence-electron chi connectivity index (χ0n) is 13.5. The second kappa shape index (κ2) is 7.27. The Hall–Kier alpha value is -1.71. The van der Waals surface area contributed by atoms with Gasteiger partial charge in [0.05, 0.1) is 12.9 Å². The molecule has 0 saturated carbocycles. The Bertz CT molecular complexity index is 1030. The van der Waals surface area contributed by atoms with Crippen LogP contribution in [0.4, 0.5) is 5.95 Å². The molecule has 3 heterocycles. The first-order chi connectivity index (χ1) is 12.9. The monoisotopic (exact) mass is 441 g/mol. The second-order valence-electron chi connectivity index (χ2n) is 5.63. The Labute approximate surface area is 154 Å². The van der Waals surface area contributed by atoms with Crippen LogP contribution in [0, 0.1) is 0 Å². The van der Waals surface area contributed by atoms with Gasteiger partial charge in [-0.15, -0.1) is 0 Å². The summed E-state index contributed by atoms with van der Waals surface area (Å²) in [7, 11) is -10.6. The topological polar surface area (TPSA) is 258 Å². The van der Waals surface area contributed by atoms with E-state index in [2.05, 4.69) is 24.0 Å². The molecule has 1 saturated heterocycles. The average molecular weight is 441 g/mol. The van der Waals surface area contributed by atoms with Gasteiger partial charge in [0.1, 0.15) is 18.3 Å². The van der Waals surface area contributed by atoms with E-state index in [0.717, 1.165) is 10.9 Å². The van der Waals surface area contributed by atoms with Crippen LogP contribution < -0.4 is 21.1 Å². The molecule has 2 unspecified atom stereocenters. The molecule has 156 valence electrons. The highest BCUT2D eigenvalue weighted by Crippen LogP contribution is 2.42. The van der Waals surface area contributed by atoms with Gasteiger partial charge < -0.3 is 44.2 Å². The molecule has 0 spiro atoms. The van der Waals surface area contributed by atoms with Crippen LogP contribution >= 0.6 is 15.6 Å². The quantitative estimate of drug-likeness (QED) is 0.270. The SMILES string of the molecule is Nc1nc2c(ncn2[C@@H]2O[C@H](COP(=O)([O-])O)[C@@H](OP(=O)([O-])O)[C@H]2O)c(=O)[nH]1. The smallest absolute Gasteiger partial charge is 0.280 e. The number of nitrogens with two attached hydrogens (primary N) is 1. The first-order valence-electron chi connectivity index (χ1n) is 7.32. The minimum absolute atomic E-state index is 0.142. The molecule has 16 nitrogen and oxygen atoms in total. The molecule has 0 aliphatic carbocycles. The van der Waals surface area contributed by atoms with E-state index in [9.17, 15) is 28.8 Å². The van der Waals surface area contributed by atoms with Crippen LogP contribution in [0.5, 0.6) is 0 Å². The lowest BCUT2D eigenvalue weighted by molar-refractivity contribution is -0.229. The maximum absolute atomic E-state index is 11.8. The van der Waals surface area contributed by atoms with Crippen molar-refractivity contribution in [3.8, 4) is 0 Å². The number of H-pyrrole nitrogens is 1. The van der Waals surface area contributed by atoms with Gasteiger partial charge in [0.15, 0.2) is 17.4 Å². The molecule has 0 aromatic carbocycles. The number of phosphoric acid groups is 2. The summed E-state index contributed by atoms with van der Waals surface area (Å²) in [6.45, 7) is -0.960. The maximum Gasteiger partial charge on any atom is 0.280 e. The Balaban J connectivity index is 1.97. The van der Waals surface area contributed by atoms with E-state index in [1.807, 2.05) is 0 Å². The largest absolute Gasteiger partial charge is 0.756 e.